The van der Waals surface area contributed by atoms with E-state index in [-0.39, 0.29) is 5.91 Å². The molecule has 3 rings (SSSR count). The van der Waals surface area contributed by atoms with E-state index in [0.29, 0.717) is 12.6 Å². The number of carbonyl (C=O) groups is 1. The lowest BCUT2D eigenvalue weighted by Crippen LogP contribution is -2.43. The number of hydrogen-bond acceptors (Lipinski definition) is 3. The molecule has 0 aliphatic heterocycles. The van der Waals surface area contributed by atoms with Crippen LogP contribution in [0.3, 0.4) is 0 Å². The maximum atomic E-state index is 12.2. The van der Waals surface area contributed by atoms with Gasteiger partial charge in [-0.05, 0) is 49.1 Å². The van der Waals surface area contributed by atoms with Crippen molar-refractivity contribution in [1.82, 2.24) is 15.5 Å². The van der Waals surface area contributed by atoms with Gasteiger partial charge in [-0.15, -0.1) is 0 Å². The van der Waals surface area contributed by atoms with Crippen LogP contribution in [0, 0.1) is 0 Å². The van der Waals surface area contributed by atoms with Gasteiger partial charge < -0.3 is 20.0 Å². The van der Waals surface area contributed by atoms with Gasteiger partial charge in [0.1, 0.15) is 5.76 Å². The van der Waals surface area contributed by atoms with E-state index in [9.17, 15) is 4.79 Å². The highest BCUT2D eigenvalue weighted by Crippen LogP contribution is 2.17. The topological polar surface area (TPSA) is 69.9 Å². The standard InChI is InChI=1S/C23H32N4O2/c1-27(2)22(28)19-8-5-7-18(17-19)12-14-24-23(26-20-9-3-4-10-20)25-15-13-21-11-6-16-29-21/h5-8,11,16-17,20H,3-4,9-10,12-15H2,1-2H3,(H2,24,25,26). The predicted molar refractivity (Wildman–Crippen MR) is 116 cm³/mol. The van der Waals surface area contributed by atoms with E-state index >= 15 is 0 Å². The summed E-state index contributed by atoms with van der Waals surface area (Å²) in [4.78, 5) is 18.5. The lowest BCUT2D eigenvalue weighted by Gasteiger charge is -2.17. The van der Waals surface area contributed by atoms with Crippen LogP contribution in [0.4, 0.5) is 0 Å². The quantitative estimate of drug-likeness (QED) is 0.531. The van der Waals surface area contributed by atoms with Crippen molar-refractivity contribution in [2.45, 2.75) is 44.6 Å². The molecule has 29 heavy (non-hydrogen) atoms. The zero-order valence-corrected chi connectivity index (χ0v) is 17.5. The maximum Gasteiger partial charge on any atom is 0.253 e. The first-order valence-corrected chi connectivity index (χ1v) is 10.5. The summed E-state index contributed by atoms with van der Waals surface area (Å²) in [6.45, 7) is 1.45. The maximum absolute atomic E-state index is 12.2. The summed E-state index contributed by atoms with van der Waals surface area (Å²) < 4.78 is 5.39. The van der Waals surface area contributed by atoms with Crippen molar-refractivity contribution in [3.8, 4) is 0 Å². The molecule has 1 saturated carbocycles. The summed E-state index contributed by atoms with van der Waals surface area (Å²) in [5.41, 5.74) is 1.87. The van der Waals surface area contributed by atoms with Gasteiger partial charge in [0.15, 0.2) is 5.96 Å². The second kappa shape index (κ2) is 10.7. The molecule has 0 atom stereocenters. The van der Waals surface area contributed by atoms with Crippen LogP contribution in [0.2, 0.25) is 0 Å². The number of guanidine groups is 1. The molecule has 1 heterocycles. The number of benzene rings is 1. The Kier molecular flexibility index (Phi) is 7.73. The largest absolute Gasteiger partial charge is 0.469 e. The van der Waals surface area contributed by atoms with Crippen LogP contribution in [-0.2, 0) is 12.8 Å². The first kappa shape index (κ1) is 21.0. The van der Waals surface area contributed by atoms with Gasteiger partial charge in [0, 0.05) is 45.2 Å². The molecule has 6 nitrogen and oxygen atoms in total. The van der Waals surface area contributed by atoms with Crippen LogP contribution < -0.4 is 10.6 Å². The highest BCUT2D eigenvalue weighted by Gasteiger charge is 2.16. The van der Waals surface area contributed by atoms with E-state index in [2.05, 4.69) is 16.7 Å². The van der Waals surface area contributed by atoms with E-state index in [1.807, 2.05) is 30.3 Å². The van der Waals surface area contributed by atoms with Gasteiger partial charge in [-0.2, -0.15) is 0 Å². The SMILES string of the molecule is CN(C)C(=O)c1cccc(CCNC(=NCCc2ccco2)NC2CCCC2)c1. The Balaban J connectivity index is 1.54. The van der Waals surface area contributed by atoms with Crippen molar-refractivity contribution in [1.29, 1.82) is 0 Å². The van der Waals surface area contributed by atoms with Crippen LogP contribution in [0.15, 0.2) is 52.1 Å². The van der Waals surface area contributed by atoms with Crippen LogP contribution in [0.5, 0.6) is 0 Å². The first-order valence-electron chi connectivity index (χ1n) is 10.5. The molecule has 1 fully saturated rings. The third-order valence-corrected chi connectivity index (χ3v) is 5.19. The minimum absolute atomic E-state index is 0.0305. The minimum Gasteiger partial charge on any atom is -0.469 e. The Hall–Kier alpha value is -2.76. The van der Waals surface area contributed by atoms with E-state index in [1.165, 1.54) is 25.7 Å². The number of carbonyl (C=O) groups excluding carboxylic acids is 1. The Morgan fingerprint density at radius 1 is 1.17 bits per heavy atom. The van der Waals surface area contributed by atoms with Crippen LogP contribution >= 0.6 is 0 Å². The van der Waals surface area contributed by atoms with Crippen LogP contribution in [0.1, 0.15) is 47.4 Å². The second-order valence-electron chi connectivity index (χ2n) is 7.76. The molecular weight excluding hydrogens is 364 g/mol. The molecule has 1 aromatic carbocycles. The molecule has 2 N–H and O–H groups in total. The van der Waals surface area contributed by atoms with Crippen molar-refractivity contribution in [3.05, 3.63) is 59.5 Å². The third-order valence-electron chi connectivity index (χ3n) is 5.19. The van der Waals surface area contributed by atoms with Crippen molar-refractivity contribution in [2.24, 2.45) is 4.99 Å². The minimum atomic E-state index is 0.0305. The lowest BCUT2D eigenvalue weighted by atomic mass is 10.1. The zero-order valence-electron chi connectivity index (χ0n) is 17.5. The highest BCUT2D eigenvalue weighted by atomic mass is 16.3. The number of nitrogens with zero attached hydrogens (tertiary/aromatic N) is 2. The van der Waals surface area contributed by atoms with Gasteiger partial charge >= 0.3 is 0 Å². The predicted octanol–water partition coefficient (Wildman–Crippen LogP) is 3.24. The van der Waals surface area contributed by atoms with Crippen molar-refractivity contribution >= 4 is 11.9 Å². The lowest BCUT2D eigenvalue weighted by molar-refractivity contribution is 0.0827. The molecule has 2 aromatic rings. The average Bonchev–Trinajstić information content (AvgIpc) is 3.41. The molecule has 1 aliphatic carbocycles. The summed E-state index contributed by atoms with van der Waals surface area (Å²) in [6, 6.07) is 12.2. The Morgan fingerprint density at radius 2 is 2.00 bits per heavy atom. The summed E-state index contributed by atoms with van der Waals surface area (Å²) >= 11 is 0. The molecule has 0 saturated heterocycles. The third kappa shape index (κ3) is 6.66. The molecule has 0 unspecified atom stereocenters. The first-order chi connectivity index (χ1) is 14.1. The number of rotatable bonds is 8. The number of amides is 1. The van der Waals surface area contributed by atoms with E-state index in [0.717, 1.165) is 42.2 Å². The normalized spacial score (nSPS) is 14.8. The number of furan rings is 1. The molecule has 0 spiro atoms. The number of aliphatic imine (C=N–C) groups is 1. The Labute approximate surface area is 173 Å². The smallest absolute Gasteiger partial charge is 0.253 e. The summed E-state index contributed by atoms with van der Waals surface area (Å²) in [5.74, 6) is 1.85. The van der Waals surface area contributed by atoms with Gasteiger partial charge in [0.05, 0.1) is 6.26 Å². The Morgan fingerprint density at radius 3 is 2.72 bits per heavy atom. The zero-order chi connectivity index (χ0) is 20.5. The fraction of sp³-hybridized carbons (Fsp3) is 0.478. The van der Waals surface area contributed by atoms with Gasteiger partial charge in [-0.1, -0.05) is 25.0 Å². The molecule has 1 aromatic heterocycles. The Bertz CT molecular complexity index is 793. The molecular formula is C23H32N4O2. The van der Waals surface area contributed by atoms with Crippen molar-refractivity contribution < 1.29 is 9.21 Å². The van der Waals surface area contributed by atoms with Crippen LogP contribution in [-0.4, -0.2) is 50.0 Å². The fourth-order valence-corrected chi connectivity index (χ4v) is 3.59. The molecule has 1 aliphatic rings. The van der Waals surface area contributed by atoms with Gasteiger partial charge in [-0.25, -0.2) is 0 Å². The number of nitrogens with one attached hydrogen (secondary N) is 2. The van der Waals surface area contributed by atoms with E-state index in [1.54, 1.807) is 25.3 Å². The molecule has 1 amide bonds. The van der Waals surface area contributed by atoms with E-state index < -0.39 is 0 Å². The monoisotopic (exact) mass is 396 g/mol. The molecule has 0 radical (unpaired) electrons. The average molecular weight is 397 g/mol. The van der Waals surface area contributed by atoms with Crippen LogP contribution in [0.25, 0.3) is 0 Å². The van der Waals surface area contributed by atoms with Crippen molar-refractivity contribution in [3.63, 3.8) is 0 Å². The molecule has 0 bridgehead atoms. The fourth-order valence-electron chi connectivity index (χ4n) is 3.59. The number of hydrogen-bond donors (Lipinski definition) is 2. The molecule has 6 heteroatoms. The summed E-state index contributed by atoms with van der Waals surface area (Å²) in [6.07, 6.45) is 8.29. The van der Waals surface area contributed by atoms with Gasteiger partial charge in [0.2, 0.25) is 0 Å². The van der Waals surface area contributed by atoms with E-state index in [4.69, 9.17) is 9.41 Å². The van der Waals surface area contributed by atoms with Gasteiger partial charge in [-0.3, -0.25) is 9.79 Å². The summed E-state index contributed by atoms with van der Waals surface area (Å²) in [7, 11) is 3.55. The summed E-state index contributed by atoms with van der Waals surface area (Å²) in [5, 5.41) is 7.03. The van der Waals surface area contributed by atoms with Crippen molar-refractivity contribution in [2.75, 3.05) is 27.2 Å². The molecule has 156 valence electrons. The highest BCUT2D eigenvalue weighted by molar-refractivity contribution is 5.94. The second-order valence-corrected chi connectivity index (χ2v) is 7.76. The van der Waals surface area contributed by atoms with Gasteiger partial charge in [0.25, 0.3) is 5.91 Å².